The molecule has 23 heavy (non-hydrogen) atoms. The van der Waals surface area contributed by atoms with Gasteiger partial charge in [-0.15, -0.1) is 0 Å². The van der Waals surface area contributed by atoms with E-state index < -0.39 is 10.0 Å². The third-order valence-electron chi connectivity index (χ3n) is 3.93. The quantitative estimate of drug-likeness (QED) is 0.644. The molecule has 1 atom stereocenters. The summed E-state index contributed by atoms with van der Waals surface area (Å²) >= 11 is 0. The Morgan fingerprint density at radius 2 is 2.17 bits per heavy atom. The molecule has 2 amide bonds. The molecule has 5 N–H and O–H groups in total. The summed E-state index contributed by atoms with van der Waals surface area (Å²) in [6.07, 6.45) is 3.92. The number of piperidine rings is 1. The predicted octanol–water partition coefficient (Wildman–Crippen LogP) is 1.16. The number of aryl methyl sites for hydroxylation is 1. The van der Waals surface area contributed by atoms with E-state index in [0.717, 1.165) is 19.4 Å². The number of benzene rings is 1. The molecule has 0 spiro atoms. The number of urea groups is 1. The zero-order chi connectivity index (χ0) is 16.9. The van der Waals surface area contributed by atoms with E-state index in [-0.39, 0.29) is 17.0 Å². The Labute approximate surface area is 137 Å². The fourth-order valence-electron chi connectivity index (χ4n) is 2.68. The molecule has 1 aromatic rings. The molecule has 128 valence electrons. The highest BCUT2D eigenvalue weighted by atomic mass is 32.2. The Balaban J connectivity index is 1.97. The van der Waals surface area contributed by atoms with Crippen LogP contribution in [0.2, 0.25) is 0 Å². The summed E-state index contributed by atoms with van der Waals surface area (Å²) in [5.41, 5.74) is 1.03. The fourth-order valence-corrected chi connectivity index (χ4v) is 3.55. The average molecular weight is 340 g/mol. The maximum absolute atomic E-state index is 11.9. The third-order valence-corrected chi connectivity index (χ3v) is 4.93. The Kier molecular flexibility index (Phi) is 5.97. The second kappa shape index (κ2) is 7.76. The monoisotopic (exact) mass is 340 g/mol. The lowest BCUT2D eigenvalue weighted by Gasteiger charge is -2.23. The standard InChI is InChI=1S/C15H24N4O3S/c1-2-11-6-7-12(9-14(11)23(16,21)22)19-15(20)18-10-13-5-3-4-8-17-13/h6-7,9,13,17H,2-5,8,10H2,1H3,(H2,16,21,22)(H2,18,19,20). The van der Waals surface area contributed by atoms with Crippen LogP contribution in [0, 0.1) is 0 Å². The number of amides is 2. The van der Waals surface area contributed by atoms with E-state index in [1.54, 1.807) is 12.1 Å². The average Bonchev–Trinajstić information content (AvgIpc) is 2.53. The van der Waals surface area contributed by atoms with E-state index in [1.165, 1.54) is 12.5 Å². The summed E-state index contributed by atoms with van der Waals surface area (Å²) in [5.74, 6) is 0. The lowest BCUT2D eigenvalue weighted by atomic mass is 10.1. The number of sulfonamides is 1. The fraction of sp³-hybridized carbons (Fsp3) is 0.533. The number of rotatable bonds is 5. The first kappa shape index (κ1) is 17.7. The molecule has 0 aromatic heterocycles. The summed E-state index contributed by atoms with van der Waals surface area (Å²) < 4.78 is 23.2. The second-order valence-corrected chi connectivity index (χ2v) is 7.23. The van der Waals surface area contributed by atoms with E-state index in [4.69, 9.17) is 5.14 Å². The molecule has 1 unspecified atom stereocenters. The van der Waals surface area contributed by atoms with Gasteiger partial charge in [-0.05, 0) is 43.5 Å². The van der Waals surface area contributed by atoms with Gasteiger partial charge in [0.1, 0.15) is 0 Å². The van der Waals surface area contributed by atoms with Gasteiger partial charge in [0.15, 0.2) is 0 Å². The van der Waals surface area contributed by atoms with Crippen LogP contribution in [-0.4, -0.2) is 33.6 Å². The van der Waals surface area contributed by atoms with Crippen LogP contribution in [0.4, 0.5) is 10.5 Å². The number of nitrogens with two attached hydrogens (primary N) is 1. The van der Waals surface area contributed by atoms with Crippen LogP contribution >= 0.6 is 0 Å². The minimum Gasteiger partial charge on any atom is -0.336 e. The number of hydrogen-bond acceptors (Lipinski definition) is 4. The molecule has 8 heteroatoms. The maximum Gasteiger partial charge on any atom is 0.319 e. The number of nitrogens with one attached hydrogen (secondary N) is 3. The van der Waals surface area contributed by atoms with Crippen molar-refractivity contribution >= 4 is 21.7 Å². The Morgan fingerprint density at radius 3 is 2.78 bits per heavy atom. The first-order valence-electron chi connectivity index (χ1n) is 7.84. The van der Waals surface area contributed by atoms with Crippen molar-refractivity contribution < 1.29 is 13.2 Å². The molecule has 7 nitrogen and oxygen atoms in total. The molecule has 0 aliphatic carbocycles. The second-order valence-electron chi connectivity index (χ2n) is 5.70. The molecule has 0 radical (unpaired) electrons. The maximum atomic E-state index is 11.9. The van der Waals surface area contributed by atoms with Gasteiger partial charge in [-0.25, -0.2) is 18.4 Å². The smallest absolute Gasteiger partial charge is 0.319 e. The number of primary sulfonamides is 1. The van der Waals surface area contributed by atoms with Crippen molar-refractivity contribution in [3.63, 3.8) is 0 Å². The van der Waals surface area contributed by atoms with Crippen molar-refractivity contribution in [3.05, 3.63) is 23.8 Å². The lowest BCUT2D eigenvalue weighted by molar-refractivity contribution is 0.249. The zero-order valence-electron chi connectivity index (χ0n) is 13.3. The van der Waals surface area contributed by atoms with Crippen LogP contribution in [0.25, 0.3) is 0 Å². The molecule has 1 saturated heterocycles. The van der Waals surface area contributed by atoms with E-state index in [0.29, 0.717) is 24.2 Å². The van der Waals surface area contributed by atoms with Crippen molar-refractivity contribution in [2.45, 2.75) is 43.5 Å². The molecular weight excluding hydrogens is 316 g/mol. The minimum absolute atomic E-state index is 0.0479. The van der Waals surface area contributed by atoms with Gasteiger partial charge in [-0.1, -0.05) is 19.4 Å². The van der Waals surface area contributed by atoms with Gasteiger partial charge >= 0.3 is 6.03 Å². The summed E-state index contributed by atoms with van der Waals surface area (Å²) in [6.45, 7) is 3.37. The third kappa shape index (κ3) is 5.19. The zero-order valence-corrected chi connectivity index (χ0v) is 14.1. The molecule has 1 fully saturated rings. The number of anilines is 1. The van der Waals surface area contributed by atoms with Crippen LogP contribution in [0.15, 0.2) is 23.1 Å². The summed E-state index contributed by atoms with van der Waals surface area (Å²) in [4.78, 5) is 12.0. The van der Waals surface area contributed by atoms with E-state index in [9.17, 15) is 13.2 Å². The molecular formula is C15H24N4O3S. The van der Waals surface area contributed by atoms with Gasteiger partial charge in [0.25, 0.3) is 0 Å². The highest BCUT2D eigenvalue weighted by molar-refractivity contribution is 7.89. The molecule has 0 saturated carbocycles. The van der Waals surface area contributed by atoms with Gasteiger partial charge in [0.05, 0.1) is 4.90 Å². The molecule has 1 heterocycles. The molecule has 1 aromatic carbocycles. The van der Waals surface area contributed by atoms with Crippen LogP contribution in [-0.2, 0) is 16.4 Å². The summed E-state index contributed by atoms with van der Waals surface area (Å²) in [5, 5.41) is 14.0. The van der Waals surface area contributed by atoms with Crippen LogP contribution < -0.4 is 21.1 Å². The molecule has 1 aliphatic rings. The first-order valence-corrected chi connectivity index (χ1v) is 9.38. The Hall–Kier alpha value is -1.64. The van der Waals surface area contributed by atoms with Gasteiger partial charge in [0, 0.05) is 18.3 Å². The number of carbonyl (C=O) groups excluding carboxylic acids is 1. The van der Waals surface area contributed by atoms with E-state index in [2.05, 4.69) is 16.0 Å². The van der Waals surface area contributed by atoms with Gasteiger partial charge in [0.2, 0.25) is 10.0 Å². The molecule has 1 aliphatic heterocycles. The van der Waals surface area contributed by atoms with Crippen molar-refractivity contribution in [3.8, 4) is 0 Å². The molecule has 0 bridgehead atoms. The topological polar surface area (TPSA) is 113 Å². The van der Waals surface area contributed by atoms with Gasteiger partial charge in [-0.3, -0.25) is 0 Å². The number of carbonyl (C=O) groups is 1. The van der Waals surface area contributed by atoms with Crippen LogP contribution in [0.3, 0.4) is 0 Å². The van der Waals surface area contributed by atoms with E-state index in [1.807, 2.05) is 6.92 Å². The SMILES string of the molecule is CCc1ccc(NC(=O)NCC2CCCCN2)cc1S(N)(=O)=O. The van der Waals surface area contributed by atoms with Gasteiger partial charge in [-0.2, -0.15) is 0 Å². The summed E-state index contributed by atoms with van der Waals surface area (Å²) in [6, 6.07) is 4.66. The van der Waals surface area contributed by atoms with Crippen molar-refractivity contribution in [1.29, 1.82) is 0 Å². The first-order chi connectivity index (χ1) is 10.9. The van der Waals surface area contributed by atoms with E-state index >= 15 is 0 Å². The van der Waals surface area contributed by atoms with Crippen molar-refractivity contribution in [1.82, 2.24) is 10.6 Å². The van der Waals surface area contributed by atoms with Crippen LogP contribution in [0.5, 0.6) is 0 Å². The summed E-state index contributed by atoms with van der Waals surface area (Å²) in [7, 11) is -3.81. The van der Waals surface area contributed by atoms with Gasteiger partial charge < -0.3 is 16.0 Å². The normalized spacial score (nSPS) is 18.4. The highest BCUT2D eigenvalue weighted by Crippen LogP contribution is 2.20. The van der Waals surface area contributed by atoms with Crippen molar-refractivity contribution in [2.75, 3.05) is 18.4 Å². The van der Waals surface area contributed by atoms with Crippen LogP contribution in [0.1, 0.15) is 31.7 Å². The lowest BCUT2D eigenvalue weighted by Crippen LogP contribution is -2.44. The number of hydrogen-bond donors (Lipinski definition) is 4. The molecule has 2 rings (SSSR count). The highest BCUT2D eigenvalue weighted by Gasteiger charge is 2.16. The largest absolute Gasteiger partial charge is 0.336 e. The minimum atomic E-state index is -3.81. The Bertz CT molecular complexity index is 655. The van der Waals surface area contributed by atoms with Crippen molar-refractivity contribution in [2.24, 2.45) is 5.14 Å². The Morgan fingerprint density at radius 1 is 1.39 bits per heavy atom. The predicted molar refractivity (Wildman–Crippen MR) is 89.9 cm³/mol.